The quantitative estimate of drug-likeness (QED) is 0.363. The summed E-state index contributed by atoms with van der Waals surface area (Å²) >= 11 is 2.18. The van der Waals surface area contributed by atoms with Crippen LogP contribution in [0.1, 0.15) is 47.7 Å². The molecule has 2 aromatic carbocycles. The van der Waals surface area contributed by atoms with Crippen molar-refractivity contribution in [2.75, 3.05) is 11.9 Å². The van der Waals surface area contributed by atoms with Crippen LogP contribution in [-0.4, -0.2) is 29.3 Å². The average molecular weight is 501 g/mol. The highest BCUT2D eigenvalue weighted by atomic mass is 127. The fourth-order valence-corrected chi connectivity index (χ4v) is 4.59. The van der Waals surface area contributed by atoms with Gasteiger partial charge in [0.15, 0.2) is 0 Å². The topological polar surface area (TPSA) is 61.4 Å². The number of rotatable bonds is 5. The molecule has 2 N–H and O–H groups in total. The van der Waals surface area contributed by atoms with E-state index in [0.717, 1.165) is 15.8 Å². The van der Waals surface area contributed by atoms with Gasteiger partial charge in [-0.1, -0.05) is 19.1 Å². The second kappa shape index (κ2) is 8.67. The summed E-state index contributed by atoms with van der Waals surface area (Å²) in [6, 6.07) is 14.5. The summed E-state index contributed by atoms with van der Waals surface area (Å²) in [6.45, 7) is 4.42. The van der Waals surface area contributed by atoms with Gasteiger partial charge in [-0.15, -0.1) is 0 Å². The molecule has 1 fully saturated rings. The molecule has 2 amide bonds. The molecule has 1 unspecified atom stereocenters. The minimum absolute atomic E-state index is 0.352. The van der Waals surface area contributed by atoms with Crippen molar-refractivity contribution < 1.29 is 9.59 Å². The Morgan fingerprint density at radius 3 is 2.69 bits per heavy atom. The molecule has 4 rings (SSSR count). The SMILES string of the molecule is CCC1CCCN1Cc1ccc(NC=C2C(=O)NC(=O)c3ccc(I)cc32)cc1. The maximum atomic E-state index is 12.4. The molecule has 0 radical (unpaired) electrons. The molecule has 2 aromatic rings. The second-order valence-electron chi connectivity index (χ2n) is 7.55. The van der Waals surface area contributed by atoms with Gasteiger partial charge in [0.25, 0.3) is 11.8 Å². The maximum Gasteiger partial charge on any atom is 0.260 e. The standard InChI is InChI=1S/C23H24IN3O2/c1-2-18-4-3-11-27(18)14-15-5-8-17(9-6-15)25-13-21-20-12-16(24)7-10-19(20)22(28)26-23(21)29/h5-10,12-13,18,25H,2-4,11,14H2,1H3,(H,26,28,29). The first-order valence-electron chi connectivity index (χ1n) is 10.0. The first kappa shape index (κ1) is 20.1. The number of fused-ring (bicyclic) bond motifs is 1. The number of nitrogens with zero attached hydrogens (tertiary/aromatic N) is 1. The Morgan fingerprint density at radius 2 is 1.93 bits per heavy atom. The molecular weight excluding hydrogens is 477 g/mol. The normalized spacial score (nSPS) is 20.6. The summed E-state index contributed by atoms with van der Waals surface area (Å²) < 4.78 is 0.978. The van der Waals surface area contributed by atoms with Gasteiger partial charge in [-0.25, -0.2) is 0 Å². The zero-order valence-electron chi connectivity index (χ0n) is 16.4. The molecule has 150 valence electrons. The van der Waals surface area contributed by atoms with Gasteiger partial charge in [-0.2, -0.15) is 0 Å². The zero-order valence-corrected chi connectivity index (χ0v) is 18.5. The van der Waals surface area contributed by atoms with Crippen molar-refractivity contribution in [2.24, 2.45) is 0 Å². The van der Waals surface area contributed by atoms with Crippen molar-refractivity contribution in [3.8, 4) is 0 Å². The Kier molecular flexibility index (Phi) is 6.01. The lowest BCUT2D eigenvalue weighted by Crippen LogP contribution is -2.36. The average Bonchev–Trinajstić information content (AvgIpc) is 3.16. The minimum atomic E-state index is -0.381. The number of nitrogens with one attached hydrogen (secondary N) is 2. The van der Waals surface area contributed by atoms with Crippen LogP contribution in [0.4, 0.5) is 5.69 Å². The number of imide groups is 1. The van der Waals surface area contributed by atoms with E-state index in [9.17, 15) is 9.59 Å². The molecular formula is C23H24IN3O2. The molecule has 0 aliphatic carbocycles. The van der Waals surface area contributed by atoms with E-state index in [0.29, 0.717) is 22.7 Å². The van der Waals surface area contributed by atoms with Crippen LogP contribution >= 0.6 is 22.6 Å². The Labute approximate surface area is 184 Å². The van der Waals surface area contributed by atoms with E-state index in [4.69, 9.17) is 0 Å². The van der Waals surface area contributed by atoms with Crippen LogP contribution in [-0.2, 0) is 11.3 Å². The van der Waals surface area contributed by atoms with Crippen LogP contribution in [0, 0.1) is 3.57 Å². The number of benzene rings is 2. The fourth-order valence-electron chi connectivity index (χ4n) is 4.10. The van der Waals surface area contributed by atoms with Crippen LogP contribution in [0.5, 0.6) is 0 Å². The van der Waals surface area contributed by atoms with Gasteiger partial charge in [0.05, 0.1) is 5.57 Å². The molecule has 5 nitrogen and oxygen atoms in total. The lowest BCUT2D eigenvalue weighted by atomic mass is 9.95. The molecule has 0 spiro atoms. The molecule has 29 heavy (non-hydrogen) atoms. The van der Waals surface area contributed by atoms with Crippen LogP contribution in [0.3, 0.4) is 0 Å². The maximum absolute atomic E-state index is 12.4. The van der Waals surface area contributed by atoms with Crippen molar-refractivity contribution >= 4 is 45.7 Å². The van der Waals surface area contributed by atoms with E-state index in [1.807, 2.05) is 24.3 Å². The molecule has 2 aliphatic rings. The van der Waals surface area contributed by atoms with Crippen LogP contribution in [0.25, 0.3) is 5.57 Å². The number of halogens is 1. The molecule has 6 heteroatoms. The Balaban J connectivity index is 1.49. The summed E-state index contributed by atoms with van der Waals surface area (Å²) in [5.74, 6) is -0.733. The van der Waals surface area contributed by atoms with E-state index in [1.54, 1.807) is 12.3 Å². The van der Waals surface area contributed by atoms with E-state index in [-0.39, 0.29) is 11.8 Å². The van der Waals surface area contributed by atoms with Crippen molar-refractivity contribution in [3.63, 3.8) is 0 Å². The molecule has 0 bridgehead atoms. The number of likely N-dealkylation sites (tertiary alicyclic amines) is 1. The van der Waals surface area contributed by atoms with Crippen molar-refractivity contribution in [2.45, 2.75) is 38.8 Å². The number of hydrogen-bond donors (Lipinski definition) is 2. The third-order valence-corrected chi connectivity index (χ3v) is 6.35. The van der Waals surface area contributed by atoms with Crippen LogP contribution in [0.15, 0.2) is 48.7 Å². The van der Waals surface area contributed by atoms with Crippen molar-refractivity contribution in [3.05, 3.63) is 68.9 Å². The van der Waals surface area contributed by atoms with Crippen molar-refractivity contribution in [1.29, 1.82) is 0 Å². The van der Waals surface area contributed by atoms with Gasteiger partial charge in [0, 0.05) is 39.2 Å². The summed E-state index contributed by atoms with van der Waals surface area (Å²) in [6.07, 6.45) is 5.48. The highest BCUT2D eigenvalue weighted by molar-refractivity contribution is 14.1. The van der Waals surface area contributed by atoms with Crippen molar-refractivity contribution in [1.82, 2.24) is 10.2 Å². The summed E-state index contributed by atoms with van der Waals surface area (Å²) in [4.78, 5) is 27.0. The summed E-state index contributed by atoms with van der Waals surface area (Å²) in [5.41, 5.74) is 3.85. The fraction of sp³-hybridized carbons (Fsp3) is 0.304. The monoisotopic (exact) mass is 501 g/mol. The first-order valence-corrected chi connectivity index (χ1v) is 11.1. The molecule has 1 saturated heterocycles. The van der Waals surface area contributed by atoms with Gasteiger partial charge in [0.2, 0.25) is 0 Å². The van der Waals surface area contributed by atoms with Crippen LogP contribution in [0.2, 0.25) is 0 Å². The van der Waals surface area contributed by atoms with Gasteiger partial charge < -0.3 is 5.32 Å². The van der Waals surface area contributed by atoms with E-state index in [2.05, 4.69) is 57.2 Å². The smallest absolute Gasteiger partial charge is 0.260 e. The number of anilines is 1. The van der Waals surface area contributed by atoms with Gasteiger partial charge in [-0.05, 0) is 84.3 Å². The van der Waals surface area contributed by atoms with E-state index < -0.39 is 0 Å². The predicted octanol–water partition coefficient (Wildman–Crippen LogP) is 4.39. The lowest BCUT2D eigenvalue weighted by Gasteiger charge is -2.23. The number of carbonyl (C=O) groups excluding carboxylic acids is 2. The Bertz CT molecular complexity index is 969. The van der Waals surface area contributed by atoms with E-state index in [1.165, 1.54) is 31.4 Å². The van der Waals surface area contributed by atoms with Gasteiger partial charge >= 0.3 is 0 Å². The molecule has 1 atom stereocenters. The molecule has 0 aromatic heterocycles. The summed E-state index contributed by atoms with van der Waals surface area (Å²) in [5, 5.41) is 5.62. The first-order chi connectivity index (χ1) is 14.0. The highest BCUT2D eigenvalue weighted by Gasteiger charge is 2.27. The highest BCUT2D eigenvalue weighted by Crippen LogP contribution is 2.27. The molecule has 2 aliphatic heterocycles. The third-order valence-electron chi connectivity index (χ3n) is 5.68. The second-order valence-corrected chi connectivity index (χ2v) is 8.79. The molecule has 0 saturated carbocycles. The number of amides is 2. The molecule has 2 heterocycles. The number of hydrogen-bond acceptors (Lipinski definition) is 4. The van der Waals surface area contributed by atoms with Crippen LogP contribution < -0.4 is 10.6 Å². The lowest BCUT2D eigenvalue weighted by molar-refractivity contribution is -0.114. The van der Waals surface area contributed by atoms with Gasteiger partial charge in [-0.3, -0.25) is 19.8 Å². The largest absolute Gasteiger partial charge is 0.361 e. The van der Waals surface area contributed by atoms with Gasteiger partial charge in [0.1, 0.15) is 0 Å². The predicted molar refractivity (Wildman–Crippen MR) is 123 cm³/mol. The minimum Gasteiger partial charge on any atom is -0.361 e. The van der Waals surface area contributed by atoms with E-state index >= 15 is 0 Å². The Morgan fingerprint density at radius 1 is 1.14 bits per heavy atom. The Hall–Kier alpha value is -2.19. The third kappa shape index (κ3) is 4.38. The zero-order chi connectivity index (χ0) is 20.4. The summed E-state index contributed by atoms with van der Waals surface area (Å²) in [7, 11) is 0. The number of carbonyl (C=O) groups is 2.